The second kappa shape index (κ2) is 4.13. The van der Waals surface area contributed by atoms with Crippen LogP contribution in [0.1, 0.15) is 15.4 Å². The van der Waals surface area contributed by atoms with Gasteiger partial charge < -0.3 is 5.73 Å². The van der Waals surface area contributed by atoms with E-state index in [1.807, 2.05) is 0 Å². The average molecular weight is 275 g/mol. The van der Waals surface area contributed by atoms with E-state index in [2.05, 4.69) is 5.10 Å². The number of nitrogens with two attached hydrogens (primary N) is 1. The van der Waals surface area contributed by atoms with Crippen molar-refractivity contribution >= 4 is 17.2 Å². The Kier molecular flexibility index (Phi) is 2.89. The zero-order valence-corrected chi connectivity index (χ0v) is 9.97. The normalized spacial score (nSPS) is 11.8. The number of halogens is 3. The number of carbonyl (C=O) groups is 1. The van der Waals surface area contributed by atoms with E-state index in [0.29, 0.717) is 15.4 Å². The first-order chi connectivity index (χ1) is 8.29. The molecule has 0 bridgehead atoms. The van der Waals surface area contributed by atoms with Crippen molar-refractivity contribution < 1.29 is 18.0 Å². The number of amides is 1. The third-order valence-electron chi connectivity index (χ3n) is 2.27. The molecule has 0 saturated carbocycles. The van der Waals surface area contributed by atoms with Crippen LogP contribution in [0.4, 0.5) is 13.2 Å². The van der Waals surface area contributed by atoms with Crippen LogP contribution in [0.3, 0.4) is 0 Å². The third kappa shape index (κ3) is 2.23. The molecule has 1 amide bonds. The smallest absolute Gasteiger partial charge is 0.365 e. The van der Waals surface area contributed by atoms with Gasteiger partial charge in [-0.05, 0) is 18.2 Å². The number of hydrogen-bond acceptors (Lipinski definition) is 3. The molecule has 0 saturated heterocycles. The quantitative estimate of drug-likeness (QED) is 0.913. The summed E-state index contributed by atoms with van der Waals surface area (Å²) in [6.07, 6.45) is -4.49. The molecule has 0 radical (unpaired) electrons. The highest BCUT2D eigenvalue weighted by Gasteiger charge is 2.34. The van der Waals surface area contributed by atoms with E-state index in [4.69, 9.17) is 5.73 Å². The Morgan fingerprint density at radius 2 is 2.11 bits per heavy atom. The van der Waals surface area contributed by atoms with Crippen LogP contribution in [-0.4, -0.2) is 15.7 Å². The molecule has 0 aromatic carbocycles. The summed E-state index contributed by atoms with van der Waals surface area (Å²) in [5, 5.41) is 3.39. The molecule has 18 heavy (non-hydrogen) atoms. The summed E-state index contributed by atoms with van der Waals surface area (Å²) in [5.74, 6) is -0.607. The van der Waals surface area contributed by atoms with E-state index < -0.39 is 17.8 Å². The molecular formula is C10H8F3N3OS. The summed E-state index contributed by atoms with van der Waals surface area (Å²) in [4.78, 5) is 11.7. The van der Waals surface area contributed by atoms with Gasteiger partial charge in [-0.2, -0.15) is 18.3 Å². The lowest BCUT2D eigenvalue weighted by Gasteiger charge is -1.98. The predicted octanol–water partition coefficient (Wildman–Crippen LogP) is 2.27. The summed E-state index contributed by atoms with van der Waals surface area (Å²) in [5.41, 5.74) is 4.41. The van der Waals surface area contributed by atoms with Gasteiger partial charge in [-0.25, -0.2) is 0 Å². The Hall–Kier alpha value is -1.83. The molecule has 2 heterocycles. The number of rotatable bonds is 2. The van der Waals surface area contributed by atoms with Crippen molar-refractivity contribution in [3.05, 3.63) is 28.8 Å². The summed E-state index contributed by atoms with van der Waals surface area (Å²) >= 11 is 1.03. The van der Waals surface area contributed by atoms with E-state index in [0.717, 1.165) is 22.1 Å². The number of alkyl halides is 3. The number of aryl methyl sites for hydroxylation is 1. The molecule has 0 aliphatic rings. The van der Waals surface area contributed by atoms with E-state index in [1.165, 1.54) is 13.1 Å². The van der Waals surface area contributed by atoms with Crippen molar-refractivity contribution in [2.75, 3.05) is 0 Å². The largest absolute Gasteiger partial charge is 0.435 e. The molecule has 0 spiro atoms. The minimum absolute atomic E-state index is 0.291. The fraction of sp³-hybridized carbons (Fsp3) is 0.200. The molecule has 96 valence electrons. The van der Waals surface area contributed by atoms with E-state index in [-0.39, 0.29) is 0 Å². The Morgan fingerprint density at radius 3 is 2.56 bits per heavy atom. The van der Waals surface area contributed by atoms with Crippen molar-refractivity contribution in [2.24, 2.45) is 12.8 Å². The van der Waals surface area contributed by atoms with Gasteiger partial charge in [-0.1, -0.05) is 0 Å². The number of thiophene rings is 1. The van der Waals surface area contributed by atoms with Crippen molar-refractivity contribution in [3.8, 4) is 10.6 Å². The molecule has 8 heteroatoms. The number of carbonyl (C=O) groups excluding carboxylic acids is 1. The highest BCUT2D eigenvalue weighted by atomic mass is 32.1. The van der Waals surface area contributed by atoms with E-state index >= 15 is 0 Å². The van der Waals surface area contributed by atoms with Gasteiger partial charge >= 0.3 is 6.18 Å². The van der Waals surface area contributed by atoms with Gasteiger partial charge in [-0.15, -0.1) is 11.3 Å². The zero-order chi connectivity index (χ0) is 13.5. The van der Waals surface area contributed by atoms with Crippen LogP contribution in [0.2, 0.25) is 0 Å². The Morgan fingerprint density at radius 1 is 1.44 bits per heavy atom. The van der Waals surface area contributed by atoms with Gasteiger partial charge in [0.2, 0.25) is 0 Å². The molecule has 4 nitrogen and oxygen atoms in total. The minimum atomic E-state index is -4.49. The summed E-state index contributed by atoms with van der Waals surface area (Å²) in [7, 11) is 1.41. The standard InChI is InChI=1S/C10H8F3N3OS/c1-16-5(4-8(15-16)10(11,12)13)6-2-3-7(18-6)9(14)17/h2-4H,1H3,(H2,14,17). The SMILES string of the molecule is Cn1nc(C(F)(F)F)cc1-c1ccc(C(N)=O)s1. The molecule has 0 unspecified atom stereocenters. The highest BCUT2D eigenvalue weighted by Crippen LogP contribution is 2.33. The van der Waals surface area contributed by atoms with Crippen LogP contribution in [0.15, 0.2) is 18.2 Å². The maximum absolute atomic E-state index is 12.5. The lowest BCUT2D eigenvalue weighted by molar-refractivity contribution is -0.141. The third-order valence-corrected chi connectivity index (χ3v) is 3.39. The lowest BCUT2D eigenvalue weighted by Crippen LogP contribution is -2.08. The second-order valence-electron chi connectivity index (χ2n) is 3.56. The van der Waals surface area contributed by atoms with Crippen LogP contribution >= 0.6 is 11.3 Å². The molecule has 0 atom stereocenters. The van der Waals surface area contributed by atoms with Crippen molar-refractivity contribution in [1.29, 1.82) is 0 Å². The average Bonchev–Trinajstić information content (AvgIpc) is 2.81. The monoisotopic (exact) mass is 275 g/mol. The van der Waals surface area contributed by atoms with Crippen LogP contribution < -0.4 is 5.73 Å². The highest BCUT2D eigenvalue weighted by molar-refractivity contribution is 7.17. The van der Waals surface area contributed by atoms with Gasteiger partial charge in [0.1, 0.15) is 0 Å². The first-order valence-corrected chi connectivity index (χ1v) is 5.62. The lowest BCUT2D eigenvalue weighted by atomic mass is 10.3. The summed E-state index contributed by atoms with van der Waals surface area (Å²) < 4.78 is 38.6. The Labute approximate surface area is 104 Å². The summed E-state index contributed by atoms with van der Waals surface area (Å²) in [6.45, 7) is 0. The fourth-order valence-electron chi connectivity index (χ4n) is 1.44. The molecule has 2 N–H and O–H groups in total. The van der Waals surface area contributed by atoms with Crippen LogP contribution in [0.25, 0.3) is 10.6 Å². The van der Waals surface area contributed by atoms with Gasteiger partial charge in [0.05, 0.1) is 15.4 Å². The van der Waals surface area contributed by atoms with Crippen LogP contribution in [0, 0.1) is 0 Å². The van der Waals surface area contributed by atoms with Gasteiger partial charge in [0.25, 0.3) is 5.91 Å². The van der Waals surface area contributed by atoms with Crippen molar-refractivity contribution in [2.45, 2.75) is 6.18 Å². The minimum Gasteiger partial charge on any atom is -0.365 e. The van der Waals surface area contributed by atoms with Gasteiger partial charge in [0, 0.05) is 7.05 Å². The summed E-state index contributed by atoms with van der Waals surface area (Å²) in [6, 6.07) is 3.96. The molecule has 0 fully saturated rings. The molecule has 2 aromatic heterocycles. The predicted molar refractivity (Wildman–Crippen MR) is 60.0 cm³/mol. The van der Waals surface area contributed by atoms with Crippen LogP contribution in [0.5, 0.6) is 0 Å². The molecule has 0 aliphatic heterocycles. The van der Waals surface area contributed by atoms with E-state index in [9.17, 15) is 18.0 Å². The van der Waals surface area contributed by atoms with Crippen molar-refractivity contribution in [3.63, 3.8) is 0 Å². The Bertz CT molecular complexity index is 600. The number of primary amides is 1. The zero-order valence-electron chi connectivity index (χ0n) is 9.15. The molecule has 2 aromatic rings. The van der Waals surface area contributed by atoms with E-state index in [1.54, 1.807) is 6.07 Å². The maximum Gasteiger partial charge on any atom is 0.435 e. The van der Waals surface area contributed by atoms with Gasteiger partial charge in [-0.3, -0.25) is 9.48 Å². The molecular weight excluding hydrogens is 267 g/mol. The molecule has 2 rings (SSSR count). The van der Waals surface area contributed by atoms with Gasteiger partial charge in [0.15, 0.2) is 5.69 Å². The number of hydrogen-bond donors (Lipinski definition) is 1. The first-order valence-electron chi connectivity index (χ1n) is 4.80. The van der Waals surface area contributed by atoms with Crippen molar-refractivity contribution in [1.82, 2.24) is 9.78 Å². The van der Waals surface area contributed by atoms with Crippen LogP contribution in [-0.2, 0) is 13.2 Å². The number of aromatic nitrogens is 2. The second-order valence-corrected chi connectivity index (χ2v) is 4.65. The fourth-order valence-corrected chi connectivity index (χ4v) is 2.35. The Balaban J connectivity index is 2.44. The first kappa shape index (κ1) is 12.6. The molecule has 0 aliphatic carbocycles. The maximum atomic E-state index is 12.5. The number of nitrogens with zero attached hydrogens (tertiary/aromatic N) is 2. The topological polar surface area (TPSA) is 60.9 Å².